The maximum Gasteiger partial charge on any atom is 0.0249 e. The molecule has 41 heavy (non-hydrogen) atoms. The number of rotatable bonds is 9. The molecule has 0 aliphatic heterocycles. The Bertz CT molecular complexity index is 1430. The van der Waals surface area contributed by atoms with E-state index in [1.165, 1.54) is 22.3 Å². The van der Waals surface area contributed by atoms with Crippen molar-refractivity contribution in [3.8, 4) is 23.7 Å². The number of benzene rings is 4. The van der Waals surface area contributed by atoms with E-state index in [4.69, 9.17) is 0 Å². The van der Waals surface area contributed by atoms with E-state index in [0.29, 0.717) is 0 Å². The Hall–Kier alpha value is -4.78. The van der Waals surface area contributed by atoms with Gasteiger partial charge in [0.05, 0.1) is 0 Å². The second-order valence-electron chi connectivity index (χ2n) is 9.94. The predicted molar refractivity (Wildman–Crippen MR) is 178 cm³/mol. The summed E-state index contributed by atoms with van der Waals surface area (Å²) in [5, 5.41) is 0. The summed E-state index contributed by atoms with van der Waals surface area (Å²) in [4.78, 5) is 0. The van der Waals surface area contributed by atoms with Crippen molar-refractivity contribution in [3.05, 3.63) is 180 Å². The van der Waals surface area contributed by atoms with E-state index in [1.807, 2.05) is 18.2 Å². The van der Waals surface area contributed by atoms with Gasteiger partial charge in [-0.1, -0.05) is 96.0 Å². The predicted octanol–water partition coefficient (Wildman–Crippen LogP) is 9.84. The minimum atomic E-state index is 1.02. The van der Waals surface area contributed by atoms with Gasteiger partial charge in [-0.15, -0.1) is 19.7 Å². The summed E-state index contributed by atoms with van der Waals surface area (Å²) in [6.07, 6.45) is 12.0. The molecule has 0 heterocycles. The first kappa shape index (κ1) is 30.8. The van der Waals surface area contributed by atoms with Crippen molar-refractivity contribution in [2.24, 2.45) is 0 Å². The van der Waals surface area contributed by atoms with Crippen molar-refractivity contribution in [2.45, 2.75) is 45.4 Å². The number of hydrogen-bond donors (Lipinski definition) is 0. The van der Waals surface area contributed by atoms with Crippen LogP contribution in [0.3, 0.4) is 0 Å². The highest BCUT2D eigenvalue weighted by Gasteiger charge is 1.94. The Morgan fingerprint density at radius 2 is 0.659 bits per heavy atom. The largest absolute Gasteiger partial charge is 0.103 e. The Morgan fingerprint density at radius 3 is 0.902 bits per heavy atom. The van der Waals surface area contributed by atoms with Crippen molar-refractivity contribution in [1.82, 2.24) is 0 Å². The van der Waals surface area contributed by atoms with Crippen molar-refractivity contribution in [2.75, 3.05) is 0 Å². The van der Waals surface area contributed by atoms with E-state index in [-0.39, 0.29) is 0 Å². The quantitative estimate of drug-likeness (QED) is 0.149. The summed E-state index contributed by atoms with van der Waals surface area (Å²) < 4.78 is 0. The molecule has 0 bridgehead atoms. The van der Waals surface area contributed by atoms with Gasteiger partial charge in [0.15, 0.2) is 0 Å². The van der Waals surface area contributed by atoms with E-state index >= 15 is 0 Å². The van der Waals surface area contributed by atoms with Gasteiger partial charge < -0.3 is 0 Å². The Morgan fingerprint density at radius 1 is 0.415 bits per heavy atom. The van der Waals surface area contributed by atoms with E-state index < -0.39 is 0 Å². The van der Waals surface area contributed by atoms with Crippen LogP contribution in [0.1, 0.15) is 63.8 Å². The second-order valence-corrected chi connectivity index (χ2v) is 9.94. The third-order valence-electron chi connectivity index (χ3n) is 6.53. The third-order valence-corrected chi connectivity index (χ3v) is 6.53. The van der Waals surface area contributed by atoms with E-state index in [9.17, 15) is 0 Å². The van der Waals surface area contributed by atoms with Gasteiger partial charge in [0.1, 0.15) is 0 Å². The maximum atomic E-state index is 3.75. The summed E-state index contributed by atoms with van der Waals surface area (Å²) >= 11 is 0. The van der Waals surface area contributed by atoms with Crippen LogP contribution in [0.2, 0.25) is 0 Å². The first-order valence-electron chi connectivity index (χ1n) is 14.3. The van der Waals surface area contributed by atoms with Crippen LogP contribution in [0, 0.1) is 30.6 Å². The van der Waals surface area contributed by atoms with Gasteiger partial charge in [0, 0.05) is 22.3 Å². The van der Waals surface area contributed by atoms with Crippen LogP contribution in [0.25, 0.3) is 0 Å². The number of hydrogen-bond acceptors (Lipinski definition) is 0. The molecular weight excluding hydrogens is 492 g/mol. The molecule has 4 rings (SSSR count). The zero-order valence-electron chi connectivity index (χ0n) is 24.3. The van der Waals surface area contributed by atoms with Crippen LogP contribution >= 0.6 is 0 Å². The van der Waals surface area contributed by atoms with Gasteiger partial charge in [-0.25, -0.2) is 0 Å². The van der Waals surface area contributed by atoms with E-state index in [0.717, 1.165) is 60.8 Å². The van der Waals surface area contributed by atoms with Crippen molar-refractivity contribution >= 4 is 0 Å². The fourth-order valence-corrected chi connectivity index (χ4v) is 4.00. The first-order chi connectivity index (χ1) is 20.1. The van der Waals surface area contributed by atoms with Crippen molar-refractivity contribution in [3.63, 3.8) is 0 Å². The molecule has 4 aromatic rings. The molecule has 0 unspecified atom stereocenters. The number of aryl methyl sites for hydroxylation is 4. The molecule has 0 aromatic heterocycles. The van der Waals surface area contributed by atoms with E-state index in [2.05, 4.69) is 147 Å². The monoisotopic (exact) mass is 532 g/mol. The Labute approximate surface area is 248 Å². The van der Waals surface area contributed by atoms with Gasteiger partial charge in [0.25, 0.3) is 0 Å². The van der Waals surface area contributed by atoms with Gasteiger partial charge in [-0.2, -0.15) is 0 Å². The summed E-state index contributed by atoms with van der Waals surface area (Å²) in [5.41, 5.74) is 9.48. The lowest BCUT2D eigenvalue weighted by atomic mass is 10.1. The highest BCUT2D eigenvalue weighted by atomic mass is 14.0. The molecule has 0 fully saturated rings. The maximum absolute atomic E-state index is 3.75. The molecule has 0 amide bonds. The van der Waals surface area contributed by atoms with Crippen molar-refractivity contribution < 1.29 is 0 Å². The molecule has 0 saturated carbocycles. The Balaban J connectivity index is 0.000000228. The average Bonchev–Trinajstić information content (AvgIpc) is 3.02. The fraction of sp³-hybridized carbons (Fsp3) is 0.171. The summed E-state index contributed by atoms with van der Waals surface area (Å²) in [6, 6.07) is 33.7. The molecule has 0 nitrogen and oxygen atoms in total. The normalized spacial score (nSPS) is 9.59. The van der Waals surface area contributed by atoms with Crippen LogP contribution in [-0.4, -0.2) is 0 Å². The standard InChI is InChI=1S/C22H22.C19H18/c1-3-5-7-19-9-13-21(14-10-19)17-18-22-15-11-20(12-16-22)8-6-4-2;1-3-4-5-17-10-12-19(13-11-17)15-14-18-8-6-16(2)7-9-18/h3-4,9-16H,1-2,5-8H2;3,6-13H,1,4-5H2,2H3. The van der Waals surface area contributed by atoms with Gasteiger partial charge in [0.2, 0.25) is 0 Å². The van der Waals surface area contributed by atoms with E-state index in [1.54, 1.807) is 0 Å². The molecule has 0 atom stereocenters. The van der Waals surface area contributed by atoms with Crippen LogP contribution < -0.4 is 0 Å². The second kappa shape index (κ2) is 17.7. The molecule has 0 spiro atoms. The van der Waals surface area contributed by atoms with Gasteiger partial charge in [-0.3, -0.25) is 0 Å². The third kappa shape index (κ3) is 11.9. The molecule has 0 N–H and O–H groups in total. The molecule has 0 aliphatic rings. The van der Waals surface area contributed by atoms with Crippen LogP contribution in [0.5, 0.6) is 0 Å². The van der Waals surface area contributed by atoms with Gasteiger partial charge in [-0.05, 0) is 111 Å². The molecule has 0 radical (unpaired) electrons. The number of allylic oxidation sites excluding steroid dienone is 3. The van der Waals surface area contributed by atoms with Crippen molar-refractivity contribution in [1.29, 1.82) is 0 Å². The summed E-state index contributed by atoms with van der Waals surface area (Å²) in [5.74, 6) is 12.8. The molecule has 0 saturated heterocycles. The zero-order chi connectivity index (χ0) is 29.1. The Kier molecular flexibility index (Phi) is 13.3. The molecule has 204 valence electrons. The molecular formula is C41H40. The molecule has 0 heteroatoms. The summed E-state index contributed by atoms with van der Waals surface area (Å²) in [6.45, 7) is 13.3. The summed E-state index contributed by atoms with van der Waals surface area (Å²) in [7, 11) is 0. The lowest BCUT2D eigenvalue weighted by Gasteiger charge is -1.99. The first-order valence-corrected chi connectivity index (χ1v) is 14.3. The van der Waals surface area contributed by atoms with Crippen LogP contribution in [0.4, 0.5) is 0 Å². The van der Waals surface area contributed by atoms with Gasteiger partial charge >= 0.3 is 0 Å². The SMILES string of the molecule is C=CCCc1ccc(C#Cc2ccc(C)cc2)cc1.C=CCCc1ccc(C#Cc2ccc(CCC=C)cc2)cc1. The highest BCUT2D eigenvalue weighted by Crippen LogP contribution is 2.09. The lowest BCUT2D eigenvalue weighted by Crippen LogP contribution is -1.84. The van der Waals surface area contributed by atoms with Crippen LogP contribution in [0.15, 0.2) is 135 Å². The fourth-order valence-electron chi connectivity index (χ4n) is 4.00. The minimum Gasteiger partial charge on any atom is -0.103 e. The topological polar surface area (TPSA) is 0 Å². The molecule has 0 aliphatic carbocycles. The zero-order valence-corrected chi connectivity index (χ0v) is 24.3. The smallest absolute Gasteiger partial charge is 0.0249 e. The lowest BCUT2D eigenvalue weighted by molar-refractivity contribution is 1.00. The minimum absolute atomic E-state index is 1.02. The average molecular weight is 533 g/mol. The van der Waals surface area contributed by atoms with Crippen LogP contribution in [-0.2, 0) is 19.3 Å². The molecule has 4 aromatic carbocycles. The highest BCUT2D eigenvalue weighted by molar-refractivity contribution is 5.45.